The van der Waals surface area contributed by atoms with E-state index in [4.69, 9.17) is 35.4 Å². The molecule has 2 amide bonds. The van der Waals surface area contributed by atoms with E-state index in [2.05, 4.69) is 5.32 Å². The second-order valence-corrected chi connectivity index (χ2v) is 6.13. The third-order valence-corrected chi connectivity index (χ3v) is 4.35. The van der Waals surface area contributed by atoms with Gasteiger partial charge in [-0.25, -0.2) is 0 Å². The van der Waals surface area contributed by atoms with Gasteiger partial charge < -0.3 is 0 Å². The Bertz CT molecular complexity index is 861. The number of carbonyl (C=O) groups is 2. The van der Waals surface area contributed by atoms with Crippen LogP contribution in [-0.4, -0.2) is 16.9 Å². The summed E-state index contributed by atoms with van der Waals surface area (Å²) in [6, 6.07) is 13.8. The zero-order valence-corrected chi connectivity index (χ0v) is 14.5. The Labute approximate surface area is 153 Å². The molecular weight excluding hydrogens is 367 g/mol. The molecule has 1 heterocycles. The molecule has 4 nitrogen and oxygen atoms in total. The molecule has 120 valence electrons. The molecule has 1 aliphatic rings. The molecule has 1 aliphatic heterocycles. The van der Waals surface area contributed by atoms with Gasteiger partial charge in [-0.2, -0.15) is 0 Å². The zero-order valence-electron chi connectivity index (χ0n) is 12.1. The van der Waals surface area contributed by atoms with Gasteiger partial charge in [0.05, 0.1) is 5.69 Å². The van der Waals surface area contributed by atoms with Crippen LogP contribution in [0.15, 0.2) is 54.1 Å². The molecule has 2 aromatic carbocycles. The first-order valence-corrected chi connectivity index (χ1v) is 8.06. The molecule has 7 heteroatoms. The van der Waals surface area contributed by atoms with E-state index in [1.54, 1.807) is 42.5 Å². The Morgan fingerprint density at radius 1 is 0.958 bits per heavy atom. The van der Waals surface area contributed by atoms with Crippen LogP contribution in [0.5, 0.6) is 0 Å². The van der Waals surface area contributed by atoms with E-state index in [1.165, 1.54) is 11.0 Å². The SMILES string of the molecule is O=C1NC(=S)N(c2ccccc2)C(=O)C1=Cc1c(Cl)cccc1Cl. The molecule has 0 unspecified atom stereocenters. The fourth-order valence-electron chi connectivity index (χ4n) is 2.26. The smallest absolute Gasteiger partial charge is 0.270 e. The fourth-order valence-corrected chi connectivity index (χ4v) is 3.05. The number of benzene rings is 2. The molecule has 0 saturated carbocycles. The number of thiocarbonyl (C=S) groups is 1. The van der Waals surface area contributed by atoms with Crippen molar-refractivity contribution in [1.29, 1.82) is 0 Å². The highest BCUT2D eigenvalue weighted by molar-refractivity contribution is 7.80. The predicted molar refractivity (Wildman–Crippen MR) is 99.1 cm³/mol. The van der Waals surface area contributed by atoms with Crippen molar-refractivity contribution in [2.45, 2.75) is 0 Å². The third kappa shape index (κ3) is 3.06. The van der Waals surface area contributed by atoms with Gasteiger partial charge in [-0.15, -0.1) is 0 Å². The molecule has 0 atom stereocenters. The molecule has 0 radical (unpaired) electrons. The summed E-state index contributed by atoms with van der Waals surface area (Å²) >= 11 is 17.4. The highest BCUT2D eigenvalue weighted by Crippen LogP contribution is 2.28. The van der Waals surface area contributed by atoms with Crippen molar-refractivity contribution in [1.82, 2.24) is 5.32 Å². The molecule has 3 rings (SSSR count). The van der Waals surface area contributed by atoms with Crippen LogP contribution in [0.1, 0.15) is 5.56 Å². The lowest BCUT2D eigenvalue weighted by Crippen LogP contribution is -2.54. The average Bonchev–Trinajstić information content (AvgIpc) is 2.54. The highest BCUT2D eigenvalue weighted by Gasteiger charge is 2.34. The van der Waals surface area contributed by atoms with Gasteiger partial charge in [-0.3, -0.25) is 19.8 Å². The molecule has 0 spiro atoms. The van der Waals surface area contributed by atoms with Crippen LogP contribution in [0.4, 0.5) is 5.69 Å². The maximum Gasteiger partial charge on any atom is 0.270 e. The Kier molecular flexibility index (Phi) is 4.66. The first-order chi connectivity index (χ1) is 11.5. The molecule has 0 bridgehead atoms. The van der Waals surface area contributed by atoms with Crippen LogP contribution < -0.4 is 10.2 Å². The van der Waals surface area contributed by atoms with Crippen molar-refractivity contribution in [2.75, 3.05) is 4.90 Å². The number of halogens is 2. The minimum atomic E-state index is -0.590. The Hall–Kier alpha value is -2.21. The summed E-state index contributed by atoms with van der Waals surface area (Å²) in [5.41, 5.74) is 0.867. The standard InChI is InChI=1S/C17H10Cl2N2O2S/c18-13-7-4-8-14(19)11(13)9-12-15(22)20-17(24)21(16(12)23)10-5-2-1-3-6-10/h1-9H,(H,20,22,24). The lowest BCUT2D eigenvalue weighted by molar-refractivity contribution is -0.122. The summed E-state index contributed by atoms with van der Waals surface area (Å²) in [5, 5.41) is 3.22. The number of nitrogens with zero attached hydrogens (tertiary/aromatic N) is 1. The monoisotopic (exact) mass is 376 g/mol. The van der Waals surface area contributed by atoms with E-state index >= 15 is 0 Å². The number of hydrogen-bond donors (Lipinski definition) is 1. The summed E-state index contributed by atoms with van der Waals surface area (Å²) in [6.45, 7) is 0. The van der Waals surface area contributed by atoms with Gasteiger partial charge in [0, 0.05) is 15.6 Å². The molecule has 1 saturated heterocycles. The number of nitrogens with one attached hydrogen (secondary N) is 1. The summed E-state index contributed by atoms with van der Waals surface area (Å²) in [7, 11) is 0. The number of para-hydroxylation sites is 1. The first kappa shape index (κ1) is 16.6. The Morgan fingerprint density at radius 3 is 2.21 bits per heavy atom. The van der Waals surface area contributed by atoms with Gasteiger partial charge in [-0.05, 0) is 42.6 Å². The molecule has 0 aliphatic carbocycles. The quantitative estimate of drug-likeness (QED) is 0.492. The van der Waals surface area contributed by atoms with E-state index in [-0.39, 0.29) is 10.7 Å². The van der Waals surface area contributed by atoms with Gasteiger partial charge >= 0.3 is 0 Å². The number of hydrogen-bond acceptors (Lipinski definition) is 3. The van der Waals surface area contributed by atoms with Crippen molar-refractivity contribution in [3.05, 3.63) is 69.7 Å². The van der Waals surface area contributed by atoms with Crippen molar-refractivity contribution in [3.63, 3.8) is 0 Å². The summed E-state index contributed by atoms with van der Waals surface area (Å²) < 4.78 is 0. The Balaban J connectivity index is 2.08. The highest BCUT2D eigenvalue weighted by atomic mass is 35.5. The topological polar surface area (TPSA) is 49.4 Å². The lowest BCUT2D eigenvalue weighted by atomic mass is 10.1. The van der Waals surface area contributed by atoms with Gasteiger partial charge in [0.2, 0.25) is 0 Å². The van der Waals surface area contributed by atoms with Crippen LogP contribution in [0.2, 0.25) is 10.0 Å². The van der Waals surface area contributed by atoms with E-state index in [9.17, 15) is 9.59 Å². The second-order valence-electron chi connectivity index (χ2n) is 4.93. The summed E-state index contributed by atoms with van der Waals surface area (Å²) in [6.07, 6.45) is 1.38. The van der Waals surface area contributed by atoms with Gasteiger partial charge in [0.25, 0.3) is 11.8 Å². The second kappa shape index (κ2) is 6.73. The molecule has 24 heavy (non-hydrogen) atoms. The molecule has 2 aromatic rings. The normalized spacial score (nSPS) is 16.5. The van der Waals surface area contributed by atoms with Crippen LogP contribution in [0.25, 0.3) is 6.08 Å². The van der Waals surface area contributed by atoms with E-state index in [0.29, 0.717) is 21.3 Å². The maximum absolute atomic E-state index is 12.8. The van der Waals surface area contributed by atoms with Crippen LogP contribution in [0.3, 0.4) is 0 Å². The molecule has 1 N–H and O–H groups in total. The van der Waals surface area contributed by atoms with Crippen molar-refractivity contribution >= 4 is 64.1 Å². The van der Waals surface area contributed by atoms with Crippen molar-refractivity contribution < 1.29 is 9.59 Å². The predicted octanol–water partition coefficient (Wildman–Crippen LogP) is 3.82. The van der Waals surface area contributed by atoms with Crippen molar-refractivity contribution in [2.24, 2.45) is 0 Å². The van der Waals surface area contributed by atoms with Crippen LogP contribution in [-0.2, 0) is 9.59 Å². The Morgan fingerprint density at radius 2 is 1.58 bits per heavy atom. The minimum absolute atomic E-state index is 0.0265. The fraction of sp³-hybridized carbons (Fsp3) is 0. The lowest BCUT2D eigenvalue weighted by Gasteiger charge is -2.28. The number of rotatable bonds is 2. The number of anilines is 1. The number of amides is 2. The van der Waals surface area contributed by atoms with E-state index < -0.39 is 11.8 Å². The van der Waals surface area contributed by atoms with Gasteiger partial charge in [-0.1, -0.05) is 47.5 Å². The van der Waals surface area contributed by atoms with Gasteiger partial charge in [0.1, 0.15) is 5.57 Å². The van der Waals surface area contributed by atoms with E-state index in [0.717, 1.165) is 0 Å². The van der Waals surface area contributed by atoms with Crippen LogP contribution in [0, 0.1) is 0 Å². The maximum atomic E-state index is 12.8. The largest absolute Gasteiger partial charge is 0.298 e. The molecule has 0 aromatic heterocycles. The summed E-state index contributed by atoms with van der Waals surface area (Å²) in [5.74, 6) is -1.13. The van der Waals surface area contributed by atoms with E-state index in [1.807, 2.05) is 6.07 Å². The van der Waals surface area contributed by atoms with Crippen LogP contribution >= 0.6 is 35.4 Å². The first-order valence-electron chi connectivity index (χ1n) is 6.89. The zero-order chi connectivity index (χ0) is 17.3. The molecule has 1 fully saturated rings. The number of carbonyl (C=O) groups excluding carboxylic acids is 2. The van der Waals surface area contributed by atoms with Crippen molar-refractivity contribution in [3.8, 4) is 0 Å². The third-order valence-electron chi connectivity index (χ3n) is 3.40. The minimum Gasteiger partial charge on any atom is -0.298 e. The average molecular weight is 377 g/mol. The van der Waals surface area contributed by atoms with Gasteiger partial charge in [0.15, 0.2) is 5.11 Å². The summed E-state index contributed by atoms with van der Waals surface area (Å²) in [4.78, 5) is 26.3. The molecular formula is C17H10Cl2N2O2S.